The number of rotatable bonds is 4. The van der Waals surface area contributed by atoms with E-state index in [0.717, 1.165) is 5.56 Å². The highest BCUT2D eigenvalue weighted by Crippen LogP contribution is 2.21. The monoisotopic (exact) mass is 258 g/mol. The van der Waals surface area contributed by atoms with Gasteiger partial charge in [-0.1, -0.05) is 6.07 Å². The molecule has 1 aromatic heterocycles. The number of ether oxygens (including phenoxy) is 1. The molecule has 0 saturated heterocycles. The van der Waals surface area contributed by atoms with Crippen molar-refractivity contribution in [2.24, 2.45) is 0 Å². The molecule has 1 heterocycles. The van der Waals surface area contributed by atoms with Gasteiger partial charge in [0.15, 0.2) is 0 Å². The fraction of sp³-hybridized carbons (Fsp3) is 0.154. The van der Waals surface area contributed by atoms with Crippen LogP contribution in [-0.4, -0.2) is 23.0 Å². The summed E-state index contributed by atoms with van der Waals surface area (Å²) >= 11 is 0. The van der Waals surface area contributed by atoms with Crippen molar-refractivity contribution >= 4 is 11.6 Å². The molecule has 0 bridgehead atoms. The highest BCUT2D eigenvalue weighted by Gasteiger charge is 2.07. The predicted molar refractivity (Wildman–Crippen MR) is 70.6 cm³/mol. The smallest absolute Gasteiger partial charge is 0.271 e. The van der Waals surface area contributed by atoms with Crippen LogP contribution >= 0.6 is 0 Å². The van der Waals surface area contributed by atoms with Gasteiger partial charge in [-0.05, 0) is 17.7 Å². The van der Waals surface area contributed by atoms with Gasteiger partial charge >= 0.3 is 0 Å². The number of carbonyl (C=O) groups excluding carboxylic acids is 1. The highest BCUT2D eigenvalue weighted by molar-refractivity contribution is 5.91. The van der Waals surface area contributed by atoms with Crippen LogP contribution < -0.4 is 15.8 Å². The number of nitrogens with two attached hydrogens (primary N) is 1. The number of aromatic nitrogens is 2. The first-order valence-electron chi connectivity index (χ1n) is 5.67. The van der Waals surface area contributed by atoms with Gasteiger partial charge in [-0.25, -0.2) is 4.98 Å². The maximum absolute atomic E-state index is 11.8. The van der Waals surface area contributed by atoms with Crippen LogP contribution in [0.3, 0.4) is 0 Å². The zero-order valence-electron chi connectivity index (χ0n) is 10.5. The molecule has 0 aliphatic rings. The summed E-state index contributed by atoms with van der Waals surface area (Å²) in [6.07, 6.45) is 4.40. The van der Waals surface area contributed by atoms with Gasteiger partial charge in [0, 0.05) is 18.9 Å². The highest BCUT2D eigenvalue weighted by atomic mass is 16.5. The topological polar surface area (TPSA) is 90.1 Å². The molecule has 2 aromatic rings. The number of nitrogen functional groups attached to an aromatic ring is 1. The standard InChI is InChI=1S/C13H14N4O2/c1-19-12-3-2-9(6-10(12)14)7-17-13(18)11-8-15-4-5-16-11/h2-6,8H,7,14H2,1H3,(H,17,18). The Balaban J connectivity index is 1.99. The number of amides is 1. The fourth-order valence-electron chi connectivity index (χ4n) is 1.58. The average Bonchev–Trinajstić information content (AvgIpc) is 2.46. The zero-order chi connectivity index (χ0) is 13.7. The minimum absolute atomic E-state index is 0.275. The van der Waals surface area contributed by atoms with E-state index in [9.17, 15) is 4.79 Å². The van der Waals surface area contributed by atoms with Gasteiger partial charge in [0.05, 0.1) is 19.0 Å². The molecule has 19 heavy (non-hydrogen) atoms. The molecule has 1 aromatic carbocycles. The lowest BCUT2D eigenvalue weighted by atomic mass is 10.2. The molecule has 98 valence electrons. The third-order valence-electron chi connectivity index (χ3n) is 2.54. The van der Waals surface area contributed by atoms with Crippen LogP contribution in [0.4, 0.5) is 5.69 Å². The van der Waals surface area contributed by atoms with E-state index >= 15 is 0 Å². The summed E-state index contributed by atoms with van der Waals surface area (Å²) in [7, 11) is 1.56. The summed E-state index contributed by atoms with van der Waals surface area (Å²) in [5, 5.41) is 2.74. The van der Waals surface area contributed by atoms with E-state index in [2.05, 4.69) is 15.3 Å². The Morgan fingerprint density at radius 2 is 2.26 bits per heavy atom. The molecule has 0 aliphatic heterocycles. The first-order valence-corrected chi connectivity index (χ1v) is 5.67. The third kappa shape index (κ3) is 3.19. The lowest BCUT2D eigenvalue weighted by molar-refractivity contribution is 0.0945. The SMILES string of the molecule is COc1ccc(CNC(=O)c2cnccn2)cc1N. The number of benzene rings is 1. The minimum Gasteiger partial charge on any atom is -0.495 e. The molecule has 1 amide bonds. The van der Waals surface area contributed by atoms with E-state index in [1.807, 2.05) is 6.07 Å². The summed E-state index contributed by atoms with van der Waals surface area (Å²) in [4.78, 5) is 19.5. The number of nitrogens with one attached hydrogen (secondary N) is 1. The second kappa shape index (κ2) is 5.81. The molecular weight excluding hydrogens is 244 g/mol. The number of carbonyl (C=O) groups is 1. The van der Waals surface area contributed by atoms with Gasteiger partial charge < -0.3 is 15.8 Å². The van der Waals surface area contributed by atoms with Crippen LogP contribution in [0.1, 0.15) is 16.1 Å². The number of hydrogen-bond acceptors (Lipinski definition) is 5. The summed E-state index contributed by atoms with van der Waals surface area (Å²) < 4.78 is 5.06. The van der Waals surface area contributed by atoms with Crippen molar-refractivity contribution in [2.45, 2.75) is 6.54 Å². The van der Waals surface area contributed by atoms with Crippen molar-refractivity contribution < 1.29 is 9.53 Å². The Kier molecular flexibility index (Phi) is 3.92. The van der Waals surface area contributed by atoms with Crippen molar-refractivity contribution in [2.75, 3.05) is 12.8 Å². The van der Waals surface area contributed by atoms with Crippen molar-refractivity contribution in [3.63, 3.8) is 0 Å². The number of hydrogen-bond donors (Lipinski definition) is 2. The molecule has 0 aliphatic carbocycles. The lowest BCUT2D eigenvalue weighted by Crippen LogP contribution is -2.23. The van der Waals surface area contributed by atoms with E-state index in [-0.39, 0.29) is 11.6 Å². The van der Waals surface area contributed by atoms with Gasteiger partial charge in [-0.3, -0.25) is 9.78 Å². The minimum atomic E-state index is -0.275. The second-order valence-corrected chi connectivity index (χ2v) is 3.85. The Hall–Kier alpha value is -2.63. The van der Waals surface area contributed by atoms with Crippen LogP contribution in [0.25, 0.3) is 0 Å². The Morgan fingerprint density at radius 3 is 2.89 bits per heavy atom. The third-order valence-corrected chi connectivity index (χ3v) is 2.54. The molecular formula is C13H14N4O2. The quantitative estimate of drug-likeness (QED) is 0.798. The van der Waals surface area contributed by atoms with E-state index in [1.54, 1.807) is 19.2 Å². The summed E-state index contributed by atoms with van der Waals surface area (Å²) in [6.45, 7) is 0.365. The molecule has 6 heteroatoms. The van der Waals surface area contributed by atoms with E-state index in [1.165, 1.54) is 18.6 Å². The van der Waals surface area contributed by atoms with Crippen molar-refractivity contribution in [3.05, 3.63) is 48.0 Å². The number of methoxy groups -OCH3 is 1. The van der Waals surface area contributed by atoms with Crippen molar-refractivity contribution in [1.82, 2.24) is 15.3 Å². The normalized spacial score (nSPS) is 9.95. The van der Waals surface area contributed by atoms with Gasteiger partial charge in [-0.2, -0.15) is 0 Å². The molecule has 2 rings (SSSR count). The van der Waals surface area contributed by atoms with Gasteiger partial charge in [0.25, 0.3) is 5.91 Å². The van der Waals surface area contributed by atoms with E-state index in [0.29, 0.717) is 18.0 Å². The molecule has 0 atom stereocenters. The van der Waals surface area contributed by atoms with Crippen LogP contribution in [0.5, 0.6) is 5.75 Å². The fourth-order valence-corrected chi connectivity index (χ4v) is 1.58. The average molecular weight is 258 g/mol. The van der Waals surface area contributed by atoms with Crippen LogP contribution in [-0.2, 0) is 6.54 Å². The Labute approximate surface area is 110 Å². The van der Waals surface area contributed by atoms with Crippen molar-refractivity contribution in [1.29, 1.82) is 0 Å². The van der Waals surface area contributed by atoms with Crippen LogP contribution in [0.15, 0.2) is 36.8 Å². The summed E-state index contributed by atoms with van der Waals surface area (Å²) in [6, 6.07) is 5.36. The Morgan fingerprint density at radius 1 is 1.42 bits per heavy atom. The molecule has 0 unspecified atom stereocenters. The van der Waals surface area contributed by atoms with Gasteiger partial charge in [0.1, 0.15) is 11.4 Å². The van der Waals surface area contributed by atoms with Crippen LogP contribution in [0, 0.1) is 0 Å². The lowest BCUT2D eigenvalue weighted by Gasteiger charge is -2.08. The number of nitrogens with zero attached hydrogens (tertiary/aromatic N) is 2. The predicted octanol–water partition coefficient (Wildman–Crippen LogP) is 0.997. The first kappa shape index (κ1) is 12.8. The Bertz CT molecular complexity index is 572. The molecule has 0 saturated carbocycles. The van der Waals surface area contributed by atoms with Crippen molar-refractivity contribution in [3.8, 4) is 5.75 Å². The first-order chi connectivity index (χ1) is 9.20. The van der Waals surface area contributed by atoms with E-state index < -0.39 is 0 Å². The molecule has 3 N–H and O–H groups in total. The maximum Gasteiger partial charge on any atom is 0.271 e. The number of anilines is 1. The maximum atomic E-state index is 11.8. The molecule has 0 spiro atoms. The van der Waals surface area contributed by atoms with Gasteiger partial charge in [0.2, 0.25) is 0 Å². The molecule has 6 nitrogen and oxygen atoms in total. The summed E-state index contributed by atoms with van der Waals surface area (Å²) in [5.41, 5.74) is 7.49. The van der Waals surface area contributed by atoms with Gasteiger partial charge in [-0.15, -0.1) is 0 Å². The summed E-state index contributed by atoms with van der Waals surface area (Å²) in [5.74, 6) is 0.339. The molecule has 0 fully saturated rings. The van der Waals surface area contributed by atoms with Crippen LogP contribution in [0.2, 0.25) is 0 Å². The largest absolute Gasteiger partial charge is 0.495 e. The molecule has 0 radical (unpaired) electrons. The second-order valence-electron chi connectivity index (χ2n) is 3.85. The zero-order valence-corrected chi connectivity index (χ0v) is 10.5. The van der Waals surface area contributed by atoms with E-state index in [4.69, 9.17) is 10.5 Å².